The van der Waals surface area contributed by atoms with Crippen molar-refractivity contribution in [1.82, 2.24) is 9.97 Å². The Morgan fingerprint density at radius 3 is 2.22 bits per heavy atom. The van der Waals surface area contributed by atoms with Crippen LogP contribution >= 0.6 is 28.3 Å². The average Bonchev–Trinajstić information content (AvgIpc) is 1.90. The van der Waals surface area contributed by atoms with Gasteiger partial charge in [-0.05, 0) is 6.07 Å². The van der Waals surface area contributed by atoms with E-state index in [4.69, 9.17) is 0 Å². The minimum absolute atomic E-state index is 0. The third-order valence-electron chi connectivity index (χ3n) is 0.739. The van der Waals surface area contributed by atoms with Crippen LogP contribution in [0, 0.1) is 0 Å². The number of hydrogen-bond donors (Lipinski definition) is 0. The van der Waals surface area contributed by atoms with Crippen molar-refractivity contribution in [2.75, 3.05) is 0 Å². The summed E-state index contributed by atoms with van der Waals surface area (Å²) in [6.45, 7) is 0. The molecule has 1 heterocycles. The number of aromatic nitrogens is 2. The van der Waals surface area contributed by atoms with E-state index in [2.05, 4.69) is 25.9 Å². The van der Waals surface area contributed by atoms with E-state index in [1.54, 1.807) is 18.5 Å². The third kappa shape index (κ3) is 2.77. The predicted molar refractivity (Wildman–Crippen MR) is 41.9 cm³/mol. The summed E-state index contributed by atoms with van der Waals surface area (Å²) in [5, 5.41) is 0.730. The number of rotatable bonds is 1. The second-order valence-corrected chi connectivity index (χ2v) is 1.86. The molecule has 0 saturated heterocycles. The van der Waals surface area contributed by atoms with Crippen LogP contribution in [0.2, 0.25) is 0 Å². The number of halogens is 2. The van der Waals surface area contributed by atoms with Crippen LogP contribution in [0.25, 0.3) is 0 Å². The average molecular weight is 209 g/mol. The van der Waals surface area contributed by atoms with E-state index in [0.717, 1.165) is 11.2 Å². The largest absolute Gasteiger partial charge is 0.240 e. The van der Waals surface area contributed by atoms with Crippen LogP contribution in [-0.4, -0.2) is 9.97 Å². The summed E-state index contributed by atoms with van der Waals surface area (Å²) in [4.78, 5) is 7.88. The Morgan fingerprint density at radius 1 is 1.33 bits per heavy atom. The molecule has 0 aromatic carbocycles. The summed E-state index contributed by atoms with van der Waals surface area (Å²) in [7, 11) is 0. The van der Waals surface area contributed by atoms with Gasteiger partial charge in [0.25, 0.3) is 0 Å². The topological polar surface area (TPSA) is 25.8 Å². The van der Waals surface area contributed by atoms with Gasteiger partial charge in [0.1, 0.15) is 5.82 Å². The summed E-state index contributed by atoms with van der Waals surface area (Å²) < 4.78 is 0. The maximum atomic E-state index is 3.94. The molecule has 1 aromatic heterocycles. The lowest BCUT2D eigenvalue weighted by atomic mass is 10.6. The zero-order valence-corrected chi connectivity index (χ0v) is 7.02. The van der Waals surface area contributed by atoms with Crippen molar-refractivity contribution in [3.05, 3.63) is 24.3 Å². The molecule has 0 amide bonds. The maximum absolute atomic E-state index is 3.94. The monoisotopic (exact) mass is 208 g/mol. The summed E-state index contributed by atoms with van der Waals surface area (Å²) in [5.74, 6) is 0.826. The molecule has 2 nitrogen and oxygen atoms in total. The molecule has 0 aliphatic rings. The van der Waals surface area contributed by atoms with Gasteiger partial charge in [0.2, 0.25) is 0 Å². The summed E-state index contributed by atoms with van der Waals surface area (Å²) >= 11 is 3.23. The lowest BCUT2D eigenvalue weighted by molar-refractivity contribution is 1.04. The van der Waals surface area contributed by atoms with Crippen molar-refractivity contribution in [1.29, 1.82) is 0 Å². The second-order valence-electron chi connectivity index (χ2n) is 1.30. The van der Waals surface area contributed by atoms with Crippen molar-refractivity contribution < 1.29 is 0 Å². The lowest BCUT2D eigenvalue weighted by Crippen LogP contribution is -1.85. The Kier molecular flexibility index (Phi) is 4.62. The quantitative estimate of drug-likeness (QED) is 0.659. The fourth-order valence-corrected chi connectivity index (χ4v) is 0.689. The molecule has 0 spiro atoms. The standard InChI is InChI=1S/C5H5BrN2.ClH/c6-4-5-7-2-1-3-8-5;/h1-3H,4H2;1H. The minimum atomic E-state index is 0. The first kappa shape index (κ1) is 8.85. The summed E-state index contributed by atoms with van der Waals surface area (Å²) in [6, 6.07) is 1.80. The van der Waals surface area contributed by atoms with Gasteiger partial charge in [0.15, 0.2) is 0 Å². The zero-order chi connectivity index (χ0) is 5.82. The highest BCUT2D eigenvalue weighted by molar-refractivity contribution is 9.08. The number of nitrogens with zero attached hydrogens (tertiary/aromatic N) is 2. The van der Waals surface area contributed by atoms with Crippen molar-refractivity contribution >= 4 is 28.3 Å². The normalized spacial score (nSPS) is 8.11. The predicted octanol–water partition coefficient (Wildman–Crippen LogP) is 1.79. The van der Waals surface area contributed by atoms with E-state index in [1.807, 2.05) is 0 Å². The molecule has 0 radical (unpaired) electrons. The molecule has 50 valence electrons. The van der Waals surface area contributed by atoms with E-state index in [-0.39, 0.29) is 12.4 Å². The molecule has 0 saturated carbocycles. The van der Waals surface area contributed by atoms with Crippen molar-refractivity contribution in [2.45, 2.75) is 5.33 Å². The van der Waals surface area contributed by atoms with Gasteiger partial charge in [-0.2, -0.15) is 0 Å². The van der Waals surface area contributed by atoms with Crippen LogP contribution in [-0.2, 0) is 5.33 Å². The molecule has 0 fully saturated rings. The van der Waals surface area contributed by atoms with Gasteiger partial charge in [-0.1, -0.05) is 15.9 Å². The van der Waals surface area contributed by atoms with Gasteiger partial charge in [0, 0.05) is 12.4 Å². The van der Waals surface area contributed by atoms with Gasteiger partial charge < -0.3 is 0 Å². The Hall–Kier alpha value is -0.150. The first-order chi connectivity index (χ1) is 3.93. The van der Waals surface area contributed by atoms with Crippen LogP contribution in [0.1, 0.15) is 5.82 Å². The van der Waals surface area contributed by atoms with Crippen molar-refractivity contribution in [3.63, 3.8) is 0 Å². The Labute approximate surface area is 68.3 Å². The van der Waals surface area contributed by atoms with Crippen LogP contribution < -0.4 is 0 Å². The van der Waals surface area contributed by atoms with Crippen LogP contribution in [0.3, 0.4) is 0 Å². The number of hydrogen-bond acceptors (Lipinski definition) is 2. The fraction of sp³-hybridized carbons (Fsp3) is 0.200. The zero-order valence-electron chi connectivity index (χ0n) is 4.62. The van der Waals surface area contributed by atoms with Crippen LogP contribution in [0.5, 0.6) is 0 Å². The molecule has 1 rings (SSSR count). The van der Waals surface area contributed by atoms with Gasteiger partial charge in [-0.15, -0.1) is 12.4 Å². The SMILES string of the molecule is BrCc1ncccn1.Cl. The van der Waals surface area contributed by atoms with E-state index in [0.29, 0.717) is 0 Å². The second kappa shape index (κ2) is 4.70. The van der Waals surface area contributed by atoms with E-state index >= 15 is 0 Å². The van der Waals surface area contributed by atoms with Gasteiger partial charge in [-0.3, -0.25) is 0 Å². The highest BCUT2D eigenvalue weighted by Crippen LogP contribution is 1.93. The lowest BCUT2D eigenvalue weighted by Gasteiger charge is -1.86. The molecule has 0 bridgehead atoms. The number of alkyl halides is 1. The maximum Gasteiger partial charge on any atom is 0.138 e. The Morgan fingerprint density at radius 2 is 1.89 bits per heavy atom. The molecule has 9 heavy (non-hydrogen) atoms. The first-order valence-electron chi connectivity index (χ1n) is 2.25. The third-order valence-corrected chi connectivity index (χ3v) is 1.24. The van der Waals surface area contributed by atoms with Crippen LogP contribution in [0.15, 0.2) is 18.5 Å². The molecule has 0 unspecified atom stereocenters. The van der Waals surface area contributed by atoms with E-state index in [1.165, 1.54) is 0 Å². The van der Waals surface area contributed by atoms with E-state index < -0.39 is 0 Å². The smallest absolute Gasteiger partial charge is 0.138 e. The molecule has 4 heteroatoms. The van der Waals surface area contributed by atoms with Crippen molar-refractivity contribution in [3.8, 4) is 0 Å². The highest BCUT2D eigenvalue weighted by Gasteiger charge is 1.84. The molecule has 0 N–H and O–H groups in total. The van der Waals surface area contributed by atoms with Crippen molar-refractivity contribution in [2.24, 2.45) is 0 Å². The van der Waals surface area contributed by atoms with Crippen LogP contribution in [0.4, 0.5) is 0 Å². The van der Waals surface area contributed by atoms with E-state index in [9.17, 15) is 0 Å². The van der Waals surface area contributed by atoms with Gasteiger partial charge >= 0.3 is 0 Å². The summed E-state index contributed by atoms with van der Waals surface area (Å²) in [5.41, 5.74) is 0. The van der Waals surface area contributed by atoms with Gasteiger partial charge in [-0.25, -0.2) is 9.97 Å². The Balaban J connectivity index is 0.000000640. The molecular formula is C5H6BrClN2. The molecule has 0 aliphatic carbocycles. The molecule has 0 aliphatic heterocycles. The minimum Gasteiger partial charge on any atom is -0.240 e. The highest BCUT2D eigenvalue weighted by atomic mass is 79.9. The molecule has 1 aromatic rings. The molecule has 0 atom stereocenters. The fourth-order valence-electron chi connectivity index (χ4n) is 0.399. The first-order valence-corrected chi connectivity index (χ1v) is 3.37. The molecular weight excluding hydrogens is 203 g/mol. The van der Waals surface area contributed by atoms with Gasteiger partial charge in [0.05, 0.1) is 5.33 Å². The summed E-state index contributed by atoms with van der Waals surface area (Å²) in [6.07, 6.45) is 3.45. The Bertz CT molecular complexity index is 156.